The fourth-order valence-corrected chi connectivity index (χ4v) is 9.88. The third-order valence-electron chi connectivity index (χ3n) is 14.0. The first-order valence-electron chi connectivity index (χ1n) is 29.6. The van der Waals surface area contributed by atoms with Crippen LogP contribution in [-0.4, -0.2) is 39.6 Å². The lowest BCUT2D eigenvalue weighted by atomic mass is 10.0. The van der Waals surface area contributed by atoms with Gasteiger partial charge in [-0.1, -0.05) is 321 Å². The van der Waals surface area contributed by atoms with Crippen molar-refractivity contribution >= 4 is 13.7 Å². The summed E-state index contributed by atoms with van der Waals surface area (Å²) in [6.45, 7) is 4.12. The van der Waals surface area contributed by atoms with E-state index in [9.17, 15) is 24.3 Å². The number of rotatable bonds is 56. The van der Waals surface area contributed by atoms with Crippen LogP contribution in [0, 0.1) is 0 Å². The lowest BCUT2D eigenvalue weighted by molar-refractivity contribution is -0.123. The number of hydrogen-bond donors (Lipinski definition) is 4. The maximum Gasteiger partial charge on any atom is 0.469 e. The van der Waals surface area contributed by atoms with E-state index in [0.29, 0.717) is 6.42 Å². The minimum absolute atomic E-state index is 0.218. The van der Waals surface area contributed by atoms with Crippen molar-refractivity contribution in [3.63, 3.8) is 0 Å². The monoisotopic (exact) mass is 954 g/mol. The van der Waals surface area contributed by atoms with Gasteiger partial charge < -0.3 is 20.2 Å². The summed E-state index contributed by atoms with van der Waals surface area (Å²) >= 11 is 0. The van der Waals surface area contributed by atoms with Crippen molar-refractivity contribution in [2.45, 2.75) is 347 Å². The van der Waals surface area contributed by atoms with Gasteiger partial charge in [0.1, 0.15) is 0 Å². The molecule has 394 valence electrons. The fourth-order valence-electron chi connectivity index (χ4n) is 9.52. The van der Waals surface area contributed by atoms with Crippen LogP contribution in [0.15, 0.2) is 12.2 Å². The molecule has 0 unspecified atom stereocenters. The van der Waals surface area contributed by atoms with Gasteiger partial charge >= 0.3 is 7.82 Å². The Morgan fingerprint density at radius 2 is 0.667 bits per heavy atom. The summed E-state index contributed by atoms with van der Waals surface area (Å²) in [5.74, 6) is -0.218. The van der Waals surface area contributed by atoms with Gasteiger partial charge in [0.2, 0.25) is 5.91 Å². The van der Waals surface area contributed by atoms with E-state index in [4.69, 9.17) is 0 Å². The average Bonchev–Trinajstić information content (AvgIpc) is 3.30. The van der Waals surface area contributed by atoms with Crippen molar-refractivity contribution < 1.29 is 28.8 Å². The smallest absolute Gasteiger partial charge is 0.387 e. The number of carbonyl (C=O) groups is 1. The van der Waals surface area contributed by atoms with Gasteiger partial charge in [0, 0.05) is 6.42 Å². The Kier molecular flexibility index (Phi) is 53.0. The summed E-state index contributed by atoms with van der Waals surface area (Å²) in [6, 6.07) is -0.907. The maximum absolute atomic E-state index is 12.7. The van der Waals surface area contributed by atoms with Crippen LogP contribution < -0.4 is 5.32 Å². The topological polar surface area (TPSA) is 116 Å². The van der Waals surface area contributed by atoms with E-state index in [1.165, 1.54) is 276 Å². The van der Waals surface area contributed by atoms with Crippen molar-refractivity contribution in [2.75, 3.05) is 6.61 Å². The SMILES string of the molecule is CCCCCCCCCCCCCCCC/C=C/[C@@H](O)[C@H](COP(=O)(O)O)NC(=O)CCCCCCCCCCCCCCCCCCCCCCCCCCCCCCCCCCCC. The minimum atomic E-state index is -4.72. The highest BCUT2D eigenvalue weighted by Crippen LogP contribution is 2.36. The van der Waals surface area contributed by atoms with E-state index in [0.717, 1.165) is 38.5 Å². The summed E-state index contributed by atoms with van der Waals surface area (Å²) in [5, 5.41) is 13.5. The zero-order valence-electron chi connectivity index (χ0n) is 44.4. The Bertz CT molecular complexity index is 1040. The summed E-state index contributed by atoms with van der Waals surface area (Å²) in [5.41, 5.74) is 0. The molecule has 0 spiro atoms. The number of allylic oxidation sites excluding steroid dienone is 1. The number of phosphoric ester groups is 1. The number of amides is 1. The van der Waals surface area contributed by atoms with E-state index in [1.54, 1.807) is 6.08 Å². The number of carbonyl (C=O) groups excluding carboxylic acids is 1. The second kappa shape index (κ2) is 53.6. The van der Waals surface area contributed by atoms with Crippen LogP contribution >= 0.6 is 7.82 Å². The van der Waals surface area contributed by atoms with Crippen LogP contribution in [0.5, 0.6) is 0 Å². The number of nitrogens with one attached hydrogen (secondary N) is 1. The molecule has 0 rings (SSSR count). The molecular weight excluding hydrogens is 838 g/mol. The van der Waals surface area contributed by atoms with E-state index in [-0.39, 0.29) is 5.91 Å². The lowest BCUT2D eigenvalue weighted by Gasteiger charge is -2.22. The molecule has 66 heavy (non-hydrogen) atoms. The Labute approximate surface area is 412 Å². The van der Waals surface area contributed by atoms with Gasteiger partial charge in [-0.15, -0.1) is 0 Å². The predicted octanol–water partition coefficient (Wildman–Crippen LogP) is 19.0. The van der Waals surface area contributed by atoms with Crippen LogP contribution in [0.2, 0.25) is 0 Å². The van der Waals surface area contributed by atoms with E-state index < -0.39 is 26.6 Å². The summed E-state index contributed by atoms with van der Waals surface area (Å²) in [4.78, 5) is 31.1. The van der Waals surface area contributed by atoms with E-state index in [1.807, 2.05) is 6.08 Å². The van der Waals surface area contributed by atoms with E-state index >= 15 is 0 Å². The highest BCUT2D eigenvalue weighted by Gasteiger charge is 2.24. The maximum atomic E-state index is 12.7. The molecule has 8 heteroatoms. The van der Waals surface area contributed by atoms with Crippen molar-refractivity contribution in [3.8, 4) is 0 Å². The first-order chi connectivity index (χ1) is 32.3. The molecular formula is C58H116NO6P. The molecule has 0 heterocycles. The van der Waals surface area contributed by atoms with Crippen molar-refractivity contribution in [1.82, 2.24) is 5.32 Å². The molecule has 0 radical (unpaired) electrons. The quantitative estimate of drug-likeness (QED) is 0.0274. The van der Waals surface area contributed by atoms with Crippen molar-refractivity contribution in [2.24, 2.45) is 0 Å². The van der Waals surface area contributed by atoms with Gasteiger partial charge in [-0.3, -0.25) is 9.32 Å². The van der Waals surface area contributed by atoms with Gasteiger partial charge in [0.25, 0.3) is 0 Å². The standard InChI is InChI=1S/C58H116NO6P/c1-3-5-7-9-11-13-15-17-19-21-22-23-24-25-26-27-28-29-30-31-32-33-34-35-36-37-38-40-42-44-46-48-50-52-54-58(61)59-56(55-65-66(62,63)64)57(60)53-51-49-47-45-43-41-39-20-18-16-14-12-10-8-6-4-2/h51,53,56-57,60H,3-50,52,54-55H2,1-2H3,(H,59,61)(H2,62,63,64)/b53-51+/t56-,57+/m0/s1. The number of aliphatic hydroxyl groups excluding tert-OH is 1. The number of aliphatic hydroxyl groups is 1. The van der Waals surface area contributed by atoms with Gasteiger partial charge in [0.05, 0.1) is 18.8 Å². The Hall–Kier alpha value is -0.720. The van der Waals surface area contributed by atoms with Gasteiger partial charge in [-0.25, -0.2) is 4.57 Å². The first kappa shape index (κ1) is 65.3. The molecule has 0 saturated carbocycles. The first-order valence-corrected chi connectivity index (χ1v) is 31.2. The summed E-state index contributed by atoms with van der Waals surface area (Å²) in [6.07, 6.45) is 68.7. The molecule has 0 bridgehead atoms. The molecule has 0 aromatic heterocycles. The largest absolute Gasteiger partial charge is 0.469 e. The normalized spacial score (nSPS) is 13.0. The van der Waals surface area contributed by atoms with Gasteiger partial charge in [0.15, 0.2) is 0 Å². The van der Waals surface area contributed by atoms with Crippen LogP contribution in [0.1, 0.15) is 335 Å². The van der Waals surface area contributed by atoms with Crippen LogP contribution in [-0.2, 0) is 13.9 Å². The third kappa shape index (κ3) is 54.2. The molecule has 7 nitrogen and oxygen atoms in total. The zero-order chi connectivity index (χ0) is 48.1. The van der Waals surface area contributed by atoms with Crippen molar-refractivity contribution in [1.29, 1.82) is 0 Å². The third-order valence-corrected chi connectivity index (χ3v) is 14.5. The number of phosphoric acid groups is 1. The predicted molar refractivity (Wildman–Crippen MR) is 287 cm³/mol. The molecule has 0 aliphatic heterocycles. The molecule has 0 aromatic carbocycles. The number of hydrogen-bond acceptors (Lipinski definition) is 4. The van der Waals surface area contributed by atoms with Gasteiger partial charge in [-0.2, -0.15) is 0 Å². The highest BCUT2D eigenvalue weighted by atomic mass is 31.2. The second-order valence-electron chi connectivity index (χ2n) is 20.7. The molecule has 4 N–H and O–H groups in total. The van der Waals surface area contributed by atoms with Crippen molar-refractivity contribution in [3.05, 3.63) is 12.2 Å². The average molecular weight is 955 g/mol. The second-order valence-corrected chi connectivity index (χ2v) is 21.9. The molecule has 0 aromatic rings. The molecule has 0 aliphatic rings. The lowest BCUT2D eigenvalue weighted by Crippen LogP contribution is -2.45. The van der Waals surface area contributed by atoms with E-state index in [2.05, 4.69) is 23.7 Å². The summed E-state index contributed by atoms with van der Waals surface area (Å²) in [7, 11) is -4.72. The summed E-state index contributed by atoms with van der Waals surface area (Å²) < 4.78 is 16.0. The molecule has 2 atom stereocenters. The highest BCUT2D eigenvalue weighted by molar-refractivity contribution is 7.46. The number of unbranched alkanes of at least 4 members (excludes halogenated alkanes) is 47. The Morgan fingerprint density at radius 1 is 0.424 bits per heavy atom. The van der Waals surface area contributed by atoms with Crippen LogP contribution in [0.4, 0.5) is 0 Å². The molecule has 1 amide bonds. The molecule has 0 saturated heterocycles. The molecule has 0 fully saturated rings. The zero-order valence-corrected chi connectivity index (χ0v) is 45.3. The van der Waals surface area contributed by atoms with Gasteiger partial charge in [-0.05, 0) is 19.3 Å². The minimum Gasteiger partial charge on any atom is -0.387 e. The molecule has 0 aliphatic carbocycles. The van der Waals surface area contributed by atoms with Crippen LogP contribution in [0.25, 0.3) is 0 Å². The van der Waals surface area contributed by atoms with Crippen LogP contribution in [0.3, 0.4) is 0 Å². The Morgan fingerprint density at radius 3 is 0.924 bits per heavy atom. The Balaban J connectivity index is 3.64. The fraction of sp³-hybridized carbons (Fsp3) is 0.948.